The number of ketones is 1. The van der Waals surface area contributed by atoms with Crippen LogP contribution in [0.1, 0.15) is 58.8 Å². The van der Waals surface area contributed by atoms with Crippen LogP contribution in [0.3, 0.4) is 0 Å². The summed E-state index contributed by atoms with van der Waals surface area (Å²) in [5.41, 5.74) is -0.0986. The smallest absolute Gasteiger partial charge is 0.141 e. The Bertz CT molecular complexity index is 283. The number of hydrogen-bond acceptors (Lipinski definition) is 2. The maximum atomic E-state index is 12.6. The van der Waals surface area contributed by atoms with Gasteiger partial charge in [0.1, 0.15) is 5.78 Å². The summed E-state index contributed by atoms with van der Waals surface area (Å²) in [6.45, 7) is 4.23. The van der Waals surface area contributed by atoms with Crippen molar-refractivity contribution in [2.45, 2.75) is 64.9 Å². The molecule has 3 atom stereocenters. The number of rotatable bonds is 2. The van der Waals surface area contributed by atoms with Gasteiger partial charge in [0, 0.05) is 18.4 Å². The van der Waals surface area contributed by atoms with Gasteiger partial charge in [-0.15, -0.1) is 0 Å². The molecule has 17 heavy (non-hydrogen) atoms. The van der Waals surface area contributed by atoms with Gasteiger partial charge in [0.05, 0.1) is 6.10 Å². The Labute approximate surface area is 105 Å². The highest BCUT2D eigenvalue weighted by Crippen LogP contribution is 2.43. The highest BCUT2D eigenvalue weighted by molar-refractivity contribution is 5.87. The molecule has 2 heteroatoms. The molecule has 2 aliphatic rings. The molecule has 98 valence electrons. The Hall–Kier alpha value is -0.370. The van der Waals surface area contributed by atoms with Gasteiger partial charge in [-0.05, 0) is 31.6 Å². The molecule has 0 bridgehead atoms. The van der Waals surface area contributed by atoms with Gasteiger partial charge >= 0.3 is 0 Å². The first-order valence-corrected chi connectivity index (χ1v) is 7.13. The van der Waals surface area contributed by atoms with Crippen LogP contribution in [-0.2, 0) is 9.53 Å². The molecule has 0 N–H and O–H groups in total. The molecule has 0 aliphatic heterocycles. The molecular weight excluding hydrogens is 212 g/mol. The van der Waals surface area contributed by atoms with Crippen molar-refractivity contribution >= 4 is 5.78 Å². The third-order valence-electron chi connectivity index (χ3n) is 4.89. The summed E-state index contributed by atoms with van der Waals surface area (Å²) in [6.07, 6.45) is 8.55. The summed E-state index contributed by atoms with van der Waals surface area (Å²) in [5, 5.41) is 0. The Kier molecular flexibility index (Phi) is 3.92. The summed E-state index contributed by atoms with van der Waals surface area (Å²) in [4.78, 5) is 12.6. The van der Waals surface area contributed by atoms with E-state index in [-0.39, 0.29) is 11.3 Å². The molecule has 0 spiro atoms. The van der Waals surface area contributed by atoms with E-state index in [4.69, 9.17) is 4.74 Å². The maximum Gasteiger partial charge on any atom is 0.141 e. The van der Waals surface area contributed by atoms with Gasteiger partial charge in [0.15, 0.2) is 0 Å². The molecule has 2 saturated carbocycles. The molecule has 0 amide bonds. The SMILES string of the molecule is CO[C@H]1CCCC[C@@H]1C1CCCC(C)(C)C1=O. The predicted molar refractivity (Wildman–Crippen MR) is 68.9 cm³/mol. The Morgan fingerprint density at radius 1 is 1.12 bits per heavy atom. The van der Waals surface area contributed by atoms with E-state index in [0.29, 0.717) is 17.8 Å². The van der Waals surface area contributed by atoms with Crippen LogP contribution >= 0.6 is 0 Å². The molecule has 0 heterocycles. The van der Waals surface area contributed by atoms with Gasteiger partial charge < -0.3 is 4.74 Å². The van der Waals surface area contributed by atoms with Crippen LogP contribution in [0.25, 0.3) is 0 Å². The summed E-state index contributed by atoms with van der Waals surface area (Å²) in [7, 11) is 1.81. The zero-order chi connectivity index (χ0) is 12.5. The van der Waals surface area contributed by atoms with Crippen molar-refractivity contribution in [2.24, 2.45) is 17.3 Å². The molecule has 0 aromatic heterocycles. The van der Waals surface area contributed by atoms with E-state index in [1.807, 2.05) is 0 Å². The van der Waals surface area contributed by atoms with Crippen molar-refractivity contribution in [3.8, 4) is 0 Å². The highest BCUT2D eigenvalue weighted by Gasteiger charge is 2.43. The van der Waals surface area contributed by atoms with Gasteiger partial charge in [-0.25, -0.2) is 0 Å². The van der Waals surface area contributed by atoms with Gasteiger partial charge in [-0.3, -0.25) is 4.79 Å². The number of carbonyl (C=O) groups excluding carboxylic acids is 1. The fourth-order valence-corrected chi connectivity index (χ4v) is 3.81. The van der Waals surface area contributed by atoms with Crippen LogP contribution in [0.15, 0.2) is 0 Å². The van der Waals surface area contributed by atoms with Gasteiger partial charge in [0.2, 0.25) is 0 Å². The summed E-state index contributed by atoms with van der Waals surface area (Å²) in [5.74, 6) is 1.25. The summed E-state index contributed by atoms with van der Waals surface area (Å²) < 4.78 is 5.62. The standard InChI is InChI=1S/C15H26O2/c1-15(2)10-6-8-12(14(15)16)11-7-4-5-9-13(11)17-3/h11-13H,4-10H2,1-3H3/t11-,12?,13+/m1/s1. The van der Waals surface area contributed by atoms with Crippen LogP contribution < -0.4 is 0 Å². The fraction of sp³-hybridized carbons (Fsp3) is 0.933. The van der Waals surface area contributed by atoms with E-state index in [9.17, 15) is 4.79 Å². The molecule has 0 saturated heterocycles. The van der Waals surface area contributed by atoms with E-state index in [1.165, 1.54) is 25.7 Å². The molecule has 2 rings (SSSR count). The van der Waals surface area contributed by atoms with Crippen LogP contribution in [-0.4, -0.2) is 19.0 Å². The second-order valence-corrected chi connectivity index (χ2v) is 6.47. The number of ether oxygens (including phenoxy) is 1. The minimum Gasteiger partial charge on any atom is -0.381 e. The highest BCUT2D eigenvalue weighted by atomic mass is 16.5. The lowest BCUT2D eigenvalue weighted by atomic mass is 9.64. The van der Waals surface area contributed by atoms with Crippen molar-refractivity contribution in [3.63, 3.8) is 0 Å². The third kappa shape index (κ3) is 2.57. The van der Waals surface area contributed by atoms with E-state index in [2.05, 4.69) is 13.8 Å². The normalized spacial score (nSPS) is 38.1. The summed E-state index contributed by atoms with van der Waals surface area (Å²) in [6, 6.07) is 0. The van der Waals surface area contributed by atoms with Crippen LogP contribution in [0.4, 0.5) is 0 Å². The first-order chi connectivity index (χ1) is 8.06. The van der Waals surface area contributed by atoms with Crippen LogP contribution in [0, 0.1) is 17.3 Å². The lowest BCUT2D eigenvalue weighted by molar-refractivity contribution is -0.140. The van der Waals surface area contributed by atoms with E-state index >= 15 is 0 Å². The largest absolute Gasteiger partial charge is 0.381 e. The second kappa shape index (κ2) is 5.09. The van der Waals surface area contributed by atoms with Crippen molar-refractivity contribution in [3.05, 3.63) is 0 Å². The topological polar surface area (TPSA) is 26.3 Å². The van der Waals surface area contributed by atoms with Crippen LogP contribution in [0.5, 0.6) is 0 Å². The molecule has 0 aromatic rings. The zero-order valence-electron chi connectivity index (χ0n) is 11.5. The Morgan fingerprint density at radius 3 is 2.53 bits per heavy atom. The number of carbonyl (C=O) groups is 1. The monoisotopic (exact) mass is 238 g/mol. The molecule has 0 radical (unpaired) electrons. The quantitative estimate of drug-likeness (QED) is 0.735. The molecule has 2 fully saturated rings. The molecule has 1 unspecified atom stereocenters. The third-order valence-corrected chi connectivity index (χ3v) is 4.89. The number of hydrogen-bond donors (Lipinski definition) is 0. The van der Waals surface area contributed by atoms with Gasteiger partial charge in [-0.2, -0.15) is 0 Å². The van der Waals surface area contributed by atoms with Crippen molar-refractivity contribution in [2.75, 3.05) is 7.11 Å². The molecular formula is C15H26O2. The summed E-state index contributed by atoms with van der Waals surface area (Å²) >= 11 is 0. The Balaban J connectivity index is 2.12. The second-order valence-electron chi connectivity index (χ2n) is 6.47. The number of methoxy groups -OCH3 is 1. The minimum absolute atomic E-state index is 0.0986. The number of Topliss-reactive ketones (excluding diaryl/α,β-unsaturated/α-hetero) is 1. The maximum absolute atomic E-state index is 12.6. The van der Waals surface area contributed by atoms with Crippen molar-refractivity contribution < 1.29 is 9.53 Å². The van der Waals surface area contributed by atoms with E-state index in [1.54, 1.807) is 7.11 Å². The molecule has 2 aliphatic carbocycles. The first kappa shape index (κ1) is 13.1. The van der Waals surface area contributed by atoms with E-state index in [0.717, 1.165) is 19.3 Å². The first-order valence-electron chi connectivity index (χ1n) is 7.13. The zero-order valence-corrected chi connectivity index (χ0v) is 11.5. The minimum atomic E-state index is -0.0986. The fourth-order valence-electron chi connectivity index (χ4n) is 3.81. The average Bonchev–Trinajstić information content (AvgIpc) is 2.33. The average molecular weight is 238 g/mol. The lowest BCUT2D eigenvalue weighted by Gasteiger charge is -2.41. The molecule has 2 nitrogen and oxygen atoms in total. The van der Waals surface area contributed by atoms with Crippen molar-refractivity contribution in [1.29, 1.82) is 0 Å². The molecule has 0 aromatic carbocycles. The van der Waals surface area contributed by atoms with E-state index < -0.39 is 0 Å². The Morgan fingerprint density at radius 2 is 1.82 bits per heavy atom. The predicted octanol–water partition coefficient (Wildman–Crippen LogP) is 3.59. The van der Waals surface area contributed by atoms with Gasteiger partial charge in [0.25, 0.3) is 0 Å². The van der Waals surface area contributed by atoms with Gasteiger partial charge in [-0.1, -0.05) is 33.1 Å². The lowest BCUT2D eigenvalue weighted by Crippen LogP contribution is -2.43. The van der Waals surface area contributed by atoms with Crippen LogP contribution in [0.2, 0.25) is 0 Å². The van der Waals surface area contributed by atoms with Crippen molar-refractivity contribution in [1.82, 2.24) is 0 Å².